The van der Waals surface area contributed by atoms with Gasteiger partial charge < -0.3 is 20.3 Å². The van der Waals surface area contributed by atoms with E-state index in [0.717, 1.165) is 4.57 Å². The number of carbonyl (C=O) groups excluding carboxylic acids is 3. The van der Waals surface area contributed by atoms with Gasteiger partial charge >= 0.3 is 5.97 Å². The average Bonchev–Trinajstić information content (AvgIpc) is 2.73. The Balaban J connectivity index is 2.20. The van der Waals surface area contributed by atoms with Crippen LogP contribution < -0.4 is 16.2 Å². The van der Waals surface area contributed by atoms with Crippen molar-refractivity contribution in [2.24, 2.45) is 0 Å². The number of amides is 2. The van der Waals surface area contributed by atoms with Gasteiger partial charge in [-0.25, -0.2) is 4.39 Å². The van der Waals surface area contributed by atoms with E-state index in [1.807, 2.05) is 0 Å². The van der Waals surface area contributed by atoms with E-state index in [-0.39, 0.29) is 5.69 Å². The molecule has 30 heavy (non-hydrogen) atoms. The number of carbonyl (C=O) groups is 4. The Hall–Kier alpha value is -3.82. The summed E-state index contributed by atoms with van der Waals surface area (Å²) in [5.41, 5.74) is -0.428. The number of nitrogens with zero attached hydrogens (tertiary/aromatic N) is 1. The first-order valence-electron chi connectivity index (χ1n) is 8.93. The summed E-state index contributed by atoms with van der Waals surface area (Å²) >= 11 is 0. The average molecular weight is 417 g/mol. The molecule has 2 amide bonds. The number of aliphatic carboxylic acids is 1. The lowest BCUT2D eigenvalue weighted by atomic mass is 10.1. The zero-order valence-electron chi connectivity index (χ0n) is 16.0. The number of rotatable bonds is 9. The Bertz CT molecular complexity index is 1010. The lowest BCUT2D eigenvalue weighted by Crippen LogP contribution is -2.46. The predicted octanol–water partition coefficient (Wildman–Crippen LogP) is 1.16. The van der Waals surface area contributed by atoms with Crippen molar-refractivity contribution >= 4 is 29.3 Å². The van der Waals surface area contributed by atoms with E-state index >= 15 is 0 Å². The number of hydrogen-bond donors (Lipinski definition) is 3. The second kappa shape index (κ2) is 10.1. The molecule has 3 N–H and O–H groups in total. The first-order chi connectivity index (χ1) is 14.2. The number of alkyl halides is 1. The standard InChI is InChI=1S/C20H20FN3O6/c1-12(18(28)23-15(10-17(26)27)16(25)11-21)24-9-5-8-14(20(24)30)22-19(29)13-6-3-2-4-7-13/h2-9,12,15H,10-11H2,1H3,(H,22,29)(H,23,28)(H,26,27)/t12?,15-/m0/s1. The minimum atomic E-state index is -1.56. The summed E-state index contributed by atoms with van der Waals surface area (Å²) in [4.78, 5) is 59.8. The minimum Gasteiger partial charge on any atom is -0.481 e. The Morgan fingerprint density at radius 1 is 1.10 bits per heavy atom. The third kappa shape index (κ3) is 5.60. The molecule has 0 aliphatic rings. The molecular weight excluding hydrogens is 397 g/mol. The van der Waals surface area contributed by atoms with E-state index in [1.54, 1.807) is 30.3 Å². The molecule has 0 aliphatic heterocycles. The first kappa shape index (κ1) is 22.5. The number of carboxylic acids is 1. The van der Waals surface area contributed by atoms with Crippen molar-refractivity contribution in [1.29, 1.82) is 0 Å². The highest BCUT2D eigenvalue weighted by atomic mass is 19.1. The van der Waals surface area contributed by atoms with Gasteiger partial charge in [0.05, 0.1) is 6.42 Å². The Labute approximate surface area is 170 Å². The van der Waals surface area contributed by atoms with Crippen LogP contribution in [0.25, 0.3) is 0 Å². The number of anilines is 1. The fraction of sp³-hybridized carbons (Fsp3) is 0.250. The molecule has 0 fully saturated rings. The number of halogens is 1. The van der Waals surface area contributed by atoms with Gasteiger partial charge in [0.15, 0.2) is 5.78 Å². The molecule has 0 spiro atoms. The van der Waals surface area contributed by atoms with E-state index in [2.05, 4.69) is 10.6 Å². The molecule has 0 aliphatic carbocycles. The molecule has 9 nitrogen and oxygen atoms in total. The number of benzene rings is 1. The summed E-state index contributed by atoms with van der Waals surface area (Å²) < 4.78 is 13.7. The van der Waals surface area contributed by atoms with Crippen LogP contribution in [0, 0.1) is 0 Å². The molecule has 1 aromatic heterocycles. The van der Waals surface area contributed by atoms with Gasteiger partial charge in [0, 0.05) is 11.8 Å². The molecular formula is C20H20FN3O6. The third-order valence-corrected chi connectivity index (χ3v) is 4.27. The van der Waals surface area contributed by atoms with Gasteiger partial charge in [-0.15, -0.1) is 0 Å². The van der Waals surface area contributed by atoms with Crippen molar-refractivity contribution in [2.75, 3.05) is 12.0 Å². The predicted molar refractivity (Wildman–Crippen MR) is 105 cm³/mol. The summed E-state index contributed by atoms with van der Waals surface area (Å²) in [6.07, 6.45) is 0.511. The molecule has 0 saturated heterocycles. The summed E-state index contributed by atoms with van der Waals surface area (Å²) in [5.74, 6) is -3.85. The van der Waals surface area contributed by atoms with E-state index < -0.39 is 54.3 Å². The maximum absolute atomic E-state index is 12.7. The van der Waals surface area contributed by atoms with E-state index in [4.69, 9.17) is 5.11 Å². The fourth-order valence-electron chi connectivity index (χ4n) is 2.63. The van der Waals surface area contributed by atoms with E-state index in [9.17, 15) is 28.4 Å². The SMILES string of the molecule is CC(C(=O)N[C@@H](CC(=O)O)C(=O)CF)n1cccc(NC(=O)c2ccccc2)c1=O. The van der Waals surface area contributed by atoms with Crippen molar-refractivity contribution in [3.05, 3.63) is 64.6 Å². The highest BCUT2D eigenvalue weighted by molar-refractivity contribution is 6.04. The van der Waals surface area contributed by atoms with Crippen molar-refractivity contribution in [3.8, 4) is 0 Å². The third-order valence-electron chi connectivity index (χ3n) is 4.27. The maximum atomic E-state index is 12.7. The molecule has 10 heteroatoms. The van der Waals surface area contributed by atoms with Crippen molar-refractivity contribution in [1.82, 2.24) is 9.88 Å². The normalized spacial score (nSPS) is 12.5. The van der Waals surface area contributed by atoms with Crippen LogP contribution in [0.15, 0.2) is 53.5 Å². The van der Waals surface area contributed by atoms with E-state index in [0.29, 0.717) is 5.56 Å². The summed E-state index contributed by atoms with van der Waals surface area (Å²) in [6.45, 7) is -0.0924. The van der Waals surface area contributed by atoms with Crippen LogP contribution in [0.5, 0.6) is 0 Å². The van der Waals surface area contributed by atoms with Gasteiger partial charge in [-0.3, -0.25) is 24.0 Å². The van der Waals surface area contributed by atoms with Crippen LogP contribution in [0.4, 0.5) is 10.1 Å². The summed E-state index contributed by atoms with van der Waals surface area (Å²) in [6, 6.07) is 8.28. The Morgan fingerprint density at radius 3 is 2.37 bits per heavy atom. The largest absolute Gasteiger partial charge is 0.481 e. The van der Waals surface area contributed by atoms with Crippen LogP contribution in [0.3, 0.4) is 0 Å². The number of pyridine rings is 1. The van der Waals surface area contributed by atoms with Crippen LogP contribution in [-0.4, -0.2) is 46.0 Å². The highest BCUT2D eigenvalue weighted by Gasteiger charge is 2.26. The summed E-state index contributed by atoms with van der Waals surface area (Å²) in [7, 11) is 0. The second-order valence-electron chi connectivity index (χ2n) is 6.39. The monoisotopic (exact) mass is 417 g/mol. The lowest BCUT2D eigenvalue weighted by Gasteiger charge is -2.20. The number of hydrogen-bond acceptors (Lipinski definition) is 5. The van der Waals surface area contributed by atoms with Gasteiger partial charge in [0.1, 0.15) is 24.4 Å². The highest BCUT2D eigenvalue weighted by Crippen LogP contribution is 2.09. The molecule has 158 valence electrons. The number of nitrogens with one attached hydrogen (secondary N) is 2. The quantitative estimate of drug-likeness (QED) is 0.560. The Morgan fingerprint density at radius 2 is 1.77 bits per heavy atom. The molecule has 1 aromatic carbocycles. The Kier molecular flexibility index (Phi) is 7.56. The van der Waals surface area contributed by atoms with Crippen LogP contribution in [-0.2, 0) is 14.4 Å². The van der Waals surface area contributed by atoms with Crippen LogP contribution in [0.2, 0.25) is 0 Å². The number of aromatic nitrogens is 1. The molecule has 2 aromatic rings. The topological polar surface area (TPSA) is 135 Å². The van der Waals surface area contributed by atoms with Crippen molar-refractivity contribution in [3.63, 3.8) is 0 Å². The second-order valence-corrected chi connectivity index (χ2v) is 6.39. The molecule has 2 atom stereocenters. The first-order valence-corrected chi connectivity index (χ1v) is 8.93. The zero-order chi connectivity index (χ0) is 22.3. The van der Waals surface area contributed by atoms with Gasteiger partial charge in [0.25, 0.3) is 11.5 Å². The van der Waals surface area contributed by atoms with Gasteiger partial charge in [0.2, 0.25) is 5.91 Å². The number of carboxylic acid groups (broad SMARTS) is 1. The van der Waals surface area contributed by atoms with Gasteiger partial charge in [-0.2, -0.15) is 0 Å². The fourth-order valence-corrected chi connectivity index (χ4v) is 2.63. The molecule has 2 rings (SSSR count). The van der Waals surface area contributed by atoms with Crippen LogP contribution in [0.1, 0.15) is 29.7 Å². The molecule has 1 heterocycles. The molecule has 0 saturated carbocycles. The smallest absolute Gasteiger partial charge is 0.305 e. The summed E-state index contributed by atoms with van der Waals surface area (Å²) in [5, 5.41) is 13.5. The zero-order valence-corrected chi connectivity index (χ0v) is 16.0. The molecule has 0 radical (unpaired) electrons. The minimum absolute atomic E-state index is 0.0760. The van der Waals surface area contributed by atoms with Crippen molar-refractivity contribution in [2.45, 2.75) is 25.4 Å². The number of Topliss-reactive ketones (excluding diaryl/α,β-unsaturated/α-hetero) is 1. The van der Waals surface area contributed by atoms with Crippen molar-refractivity contribution < 1.29 is 28.7 Å². The molecule has 0 bridgehead atoms. The van der Waals surface area contributed by atoms with Crippen LogP contribution >= 0.6 is 0 Å². The number of ketones is 1. The van der Waals surface area contributed by atoms with E-state index in [1.165, 1.54) is 25.3 Å². The van der Waals surface area contributed by atoms with Gasteiger partial charge in [-0.1, -0.05) is 18.2 Å². The van der Waals surface area contributed by atoms with Gasteiger partial charge in [-0.05, 0) is 31.2 Å². The molecule has 1 unspecified atom stereocenters. The maximum Gasteiger partial charge on any atom is 0.305 e. The lowest BCUT2D eigenvalue weighted by molar-refractivity contribution is -0.140.